The molecule has 1 rings (SSSR count). The Labute approximate surface area is 102 Å². The first-order valence-corrected chi connectivity index (χ1v) is 6.22. The normalized spacial score (nSPS) is 15.0. The van der Waals surface area contributed by atoms with Gasteiger partial charge in [0.1, 0.15) is 11.3 Å². The molecular formula is C8H10Cl2N2O2S. The third-order valence-corrected chi connectivity index (χ3v) is 2.95. The van der Waals surface area contributed by atoms with Crippen LogP contribution < -0.4 is 0 Å². The van der Waals surface area contributed by atoms with Gasteiger partial charge < -0.3 is 10.2 Å². The third-order valence-electron chi connectivity index (χ3n) is 1.77. The Bertz CT molecular complexity index is 340. The number of alkyl halides is 1. The van der Waals surface area contributed by atoms with Crippen molar-refractivity contribution in [1.82, 2.24) is 9.97 Å². The van der Waals surface area contributed by atoms with Crippen molar-refractivity contribution in [1.29, 1.82) is 0 Å². The van der Waals surface area contributed by atoms with Crippen LogP contribution in [0.3, 0.4) is 0 Å². The van der Waals surface area contributed by atoms with E-state index in [9.17, 15) is 10.2 Å². The van der Waals surface area contributed by atoms with Crippen molar-refractivity contribution < 1.29 is 10.2 Å². The molecular weight excluding hydrogens is 259 g/mol. The van der Waals surface area contributed by atoms with Crippen LogP contribution in [0.2, 0.25) is 5.15 Å². The summed E-state index contributed by atoms with van der Waals surface area (Å²) in [5, 5.41) is 19.6. The van der Waals surface area contributed by atoms with Crippen molar-refractivity contribution in [2.75, 3.05) is 12.1 Å². The highest BCUT2D eigenvalue weighted by molar-refractivity contribution is 7.98. The number of hydrogen-bond acceptors (Lipinski definition) is 5. The lowest BCUT2D eigenvalue weighted by molar-refractivity contribution is 0.0322. The van der Waals surface area contributed by atoms with Crippen molar-refractivity contribution in [3.05, 3.63) is 16.9 Å². The molecule has 0 amide bonds. The molecule has 0 saturated heterocycles. The summed E-state index contributed by atoms with van der Waals surface area (Å²) >= 11 is 12.6. The largest absolute Gasteiger partial charge is 0.389 e. The molecule has 4 nitrogen and oxygen atoms in total. The molecule has 0 aliphatic carbocycles. The zero-order valence-electron chi connectivity index (χ0n) is 7.89. The van der Waals surface area contributed by atoms with E-state index < -0.39 is 12.2 Å². The molecule has 1 aromatic heterocycles. The first-order valence-electron chi connectivity index (χ1n) is 4.08. The molecule has 0 radical (unpaired) electrons. The maximum atomic E-state index is 9.63. The molecule has 0 aliphatic rings. The van der Waals surface area contributed by atoms with E-state index in [1.165, 1.54) is 18.0 Å². The second-order valence-corrected chi connectivity index (χ2v) is 4.21. The van der Waals surface area contributed by atoms with E-state index in [1.807, 2.05) is 6.26 Å². The molecule has 0 aromatic carbocycles. The first-order chi connectivity index (χ1) is 7.10. The highest BCUT2D eigenvalue weighted by Crippen LogP contribution is 2.25. The highest BCUT2D eigenvalue weighted by atomic mass is 35.5. The lowest BCUT2D eigenvalue weighted by Gasteiger charge is -2.16. The van der Waals surface area contributed by atoms with Crippen LogP contribution in [0.4, 0.5) is 0 Å². The predicted molar refractivity (Wildman–Crippen MR) is 60.5 cm³/mol. The second-order valence-electron chi connectivity index (χ2n) is 2.77. The maximum Gasteiger partial charge on any atom is 0.188 e. The second kappa shape index (κ2) is 5.86. The Morgan fingerprint density at radius 2 is 2.20 bits per heavy atom. The summed E-state index contributed by atoms with van der Waals surface area (Å²) in [4.78, 5) is 7.88. The fourth-order valence-electron chi connectivity index (χ4n) is 0.944. The lowest BCUT2D eigenvalue weighted by atomic mass is 10.1. The molecule has 0 saturated carbocycles. The summed E-state index contributed by atoms with van der Waals surface area (Å²) in [6, 6.07) is 0. The summed E-state index contributed by atoms with van der Waals surface area (Å²) < 4.78 is 0. The van der Waals surface area contributed by atoms with Gasteiger partial charge in [0.2, 0.25) is 0 Å². The van der Waals surface area contributed by atoms with E-state index in [0.29, 0.717) is 5.16 Å². The van der Waals surface area contributed by atoms with Gasteiger partial charge in [-0.15, -0.1) is 11.6 Å². The van der Waals surface area contributed by atoms with Crippen LogP contribution >= 0.6 is 35.0 Å². The van der Waals surface area contributed by atoms with Crippen molar-refractivity contribution in [3.8, 4) is 0 Å². The van der Waals surface area contributed by atoms with E-state index in [2.05, 4.69) is 9.97 Å². The SMILES string of the molecule is CSc1ncc(C(O)C(O)CCl)c(Cl)n1. The van der Waals surface area contributed by atoms with Crippen LogP contribution in [0.25, 0.3) is 0 Å². The molecule has 0 fully saturated rings. The minimum atomic E-state index is -1.16. The Kier molecular flexibility index (Phi) is 5.08. The van der Waals surface area contributed by atoms with Gasteiger partial charge in [0.25, 0.3) is 0 Å². The van der Waals surface area contributed by atoms with E-state index in [0.717, 1.165) is 0 Å². The number of aliphatic hydroxyl groups is 2. The van der Waals surface area contributed by atoms with Crippen LogP contribution in [-0.2, 0) is 0 Å². The Morgan fingerprint density at radius 3 is 2.67 bits per heavy atom. The van der Waals surface area contributed by atoms with Gasteiger partial charge >= 0.3 is 0 Å². The van der Waals surface area contributed by atoms with E-state index in [4.69, 9.17) is 23.2 Å². The van der Waals surface area contributed by atoms with Crippen molar-refractivity contribution in [2.24, 2.45) is 0 Å². The molecule has 7 heteroatoms. The quantitative estimate of drug-likeness (QED) is 0.375. The molecule has 0 aliphatic heterocycles. The van der Waals surface area contributed by atoms with Gasteiger partial charge in [-0.05, 0) is 6.26 Å². The summed E-state index contributed by atoms with van der Waals surface area (Å²) in [6.45, 7) is 0. The summed E-state index contributed by atoms with van der Waals surface area (Å²) in [5.41, 5.74) is 0.280. The van der Waals surface area contributed by atoms with E-state index in [1.54, 1.807) is 0 Å². The fraction of sp³-hybridized carbons (Fsp3) is 0.500. The zero-order chi connectivity index (χ0) is 11.4. The van der Waals surface area contributed by atoms with Crippen molar-refractivity contribution >= 4 is 35.0 Å². The van der Waals surface area contributed by atoms with Gasteiger partial charge in [0, 0.05) is 11.8 Å². The summed E-state index contributed by atoms with van der Waals surface area (Å²) in [7, 11) is 0. The monoisotopic (exact) mass is 268 g/mol. The fourth-order valence-corrected chi connectivity index (χ4v) is 1.74. The summed E-state index contributed by atoms with van der Waals surface area (Å²) in [5.74, 6) is -0.0816. The van der Waals surface area contributed by atoms with Gasteiger partial charge in [-0.2, -0.15) is 0 Å². The molecule has 2 unspecified atom stereocenters. The van der Waals surface area contributed by atoms with Gasteiger partial charge in [-0.1, -0.05) is 23.4 Å². The molecule has 0 bridgehead atoms. The molecule has 15 heavy (non-hydrogen) atoms. The predicted octanol–water partition coefficient (Wildman–Crippen LogP) is 1.48. The van der Waals surface area contributed by atoms with Gasteiger partial charge in [0.15, 0.2) is 5.16 Å². The average Bonchev–Trinajstić information content (AvgIpc) is 2.26. The number of aliphatic hydroxyl groups excluding tert-OH is 2. The van der Waals surface area contributed by atoms with Crippen LogP contribution in [0, 0.1) is 0 Å². The van der Waals surface area contributed by atoms with Gasteiger partial charge in [-0.3, -0.25) is 0 Å². The molecule has 1 aromatic rings. The molecule has 1 heterocycles. The maximum absolute atomic E-state index is 9.63. The minimum absolute atomic E-state index is 0.0816. The number of hydrogen-bond donors (Lipinski definition) is 2. The molecule has 0 spiro atoms. The number of thioether (sulfide) groups is 1. The van der Waals surface area contributed by atoms with Crippen LogP contribution in [0.15, 0.2) is 11.4 Å². The van der Waals surface area contributed by atoms with E-state index in [-0.39, 0.29) is 16.6 Å². The Hall–Kier alpha value is -0.0700. The topological polar surface area (TPSA) is 66.2 Å². The molecule has 2 N–H and O–H groups in total. The standard InChI is InChI=1S/C8H10Cl2N2O2S/c1-15-8-11-3-4(7(10)12-8)6(14)5(13)2-9/h3,5-6,13-14H,2H2,1H3. The summed E-state index contributed by atoms with van der Waals surface area (Å²) in [6.07, 6.45) is 0.968. The third kappa shape index (κ3) is 3.19. The Balaban J connectivity index is 2.95. The number of nitrogens with zero attached hydrogens (tertiary/aromatic N) is 2. The molecule has 84 valence electrons. The van der Waals surface area contributed by atoms with Gasteiger partial charge in [0.05, 0.1) is 12.0 Å². The van der Waals surface area contributed by atoms with Gasteiger partial charge in [-0.25, -0.2) is 9.97 Å². The number of aromatic nitrogens is 2. The zero-order valence-corrected chi connectivity index (χ0v) is 10.2. The lowest BCUT2D eigenvalue weighted by Crippen LogP contribution is -2.20. The highest BCUT2D eigenvalue weighted by Gasteiger charge is 2.21. The number of halogens is 2. The molecule has 2 atom stereocenters. The average molecular weight is 269 g/mol. The smallest absolute Gasteiger partial charge is 0.188 e. The van der Waals surface area contributed by atoms with Crippen LogP contribution in [0.1, 0.15) is 11.7 Å². The van der Waals surface area contributed by atoms with Crippen LogP contribution in [-0.4, -0.2) is 38.4 Å². The van der Waals surface area contributed by atoms with Crippen LogP contribution in [0.5, 0.6) is 0 Å². The van der Waals surface area contributed by atoms with Crippen molar-refractivity contribution in [2.45, 2.75) is 17.4 Å². The van der Waals surface area contributed by atoms with Crippen molar-refractivity contribution in [3.63, 3.8) is 0 Å². The van der Waals surface area contributed by atoms with E-state index >= 15 is 0 Å². The number of rotatable bonds is 4. The Morgan fingerprint density at radius 1 is 1.53 bits per heavy atom. The minimum Gasteiger partial charge on any atom is -0.389 e. The first kappa shape index (κ1) is 13.0.